The number of imidazole rings is 1. The van der Waals surface area contributed by atoms with Crippen LogP contribution in [0.15, 0.2) is 38.3 Å². The molecule has 0 saturated heterocycles. The SMILES string of the molecule is C#CCn1c(=O)c2c(nc(CCc3ccccc3Br)n2CC2CCC2)n(CCCCP(=O)(OCC)OCC)c1=O. The van der Waals surface area contributed by atoms with E-state index >= 15 is 0 Å². The van der Waals surface area contributed by atoms with Crippen LogP contribution in [-0.2, 0) is 46.1 Å². The molecule has 2 heterocycles. The van der Waals surface area contributed by atoms with E-state index in [1.807, 2.05) is 22.8 Å². The Morgan fingerprint density at radius 1 is 1.07 bits per heavy atom. The lowest BCUT2D eigenvalue weighted by atomic mass is 9.85. The molecule has 11 heteroatoms. The largest absolute Gasteiger partial charge is 0.333 e. The summed E-state index contributed by atoms with van der Waals surface area (Å²) in [6, 6.07) is 8.07. The first kappa shape index (κ1) is 30.5. The predicted molar refractivity (Wildman–Crippen MR) is 161 cm³/mol. The van der Waals surface area contributed by atoms with Crippen LogP contribution in [0.3, 0.4) is 0 Å². The maximum atomic E-state index is 13.7. The van der Waals surface area contributed by atoms with Gasteiger partial charge in [0.05, 0.1) is 25.9 Å². The van der Waals surface area contributed by atoms with Gasteiger partial charge in [0.25, 0.3) is 5.56 Å². The van der Waals surface area contributed by atoms with Crippen LogP contribution in [0.5, 0.6) is 0 Å². The van der Waals surface area contributed by atoms with Gasteiger partial charge in [-0.2, -0.15) is 0 Å². The Hall–Kier alpha value is -2.44. The second-order valence-electron chi connectivity index (χ2n) is 10.1. The first-order valence-electron chi connectivity index (χ1n) is 14.1. The predicted octanol–water partition coefficient (Wildman–Crippen LogP) is 5.39. The first-order chi connectivity index (χ1) is 19.3. The zero-order chi connectivity index (χ0) is 28.7. The average Bonchev–Trinajstić information content (AvgIpc) is 3.26. The van der Waals surface area contributed by atoms with Gasteiger partial charge in [-0.1, -0.05) is 46.5 Å². The van der Waals surface area contributed by atoms with E-state index in [2.05, 4.69) is 27.9 Å². The molecule has 2 aromatic heterocycles. The number of unbranched alkanes of at least 4 members (excludes halogenated alkanes) is 1. The minimum absolute atomic E-state index is 0.113. The average molecular weight is 634 g/mol. The van der Waals surface area contributed by atoms with Crippen molar-refractivity contribution in [3.63, 3.8) is 0 Å². The number of halogens is 1. The van der Waals surface area contributed by atoms with Gasteiger partial charge in [0, 0.05) is 24.0 Å². The molecule has 1 aliphatic carbocycles. The van der Waals surface area contributed by atoms with Crippen molar-refractivity contribution in [3.8, 4) is 12.3 Å². The van der Waals surface area contributed by atoms with E-state index < -0.39 is 18.8 Å². The molecule has 216 valence electrons. The number of rotatable bonds is 15. The smallest absolute Gasteiger partial charge is 0.322 e. The molecule has 0 unspecified atom stereocenters. The van der Waals surface area contributed by atoms with Crippen molar-refractivity contribution in [1.82, 2.24) is 18.7 Å². The highest BCUT2D eigenvalue weighted by atomic mass is 79.9. The Morgan fingerprint density at radius 2 is 1.80 bits per heavy atom. The summed E-state index contributed by atoms with van der Waals surface area (Å²) >= 11 is 3.63. The van der Waals surface area contributed by atoms with Gasteiger partial charge in [-0.3, -0.25) is 13.9 Å². The third-order valence-electron chi connectivity index (χ3n) is 7.40. The Balaban J connectivity index is 1.71. The number of terminal acetylenes is 1. The Labute approximate surface area is 243 Å². The van der Waals surface area contributed by atoms with Crippen molar-refractivity contribution in [3.05, 3.63) is 61.0 Å². The van der Waals surface area contributed by atoms with Gasteiger partial charge in [-0.05, 0) is 63.5 Å². The molecular weight excluding hydrogens is 595 g/mol. The van der Waals surface area contributed by atoms with Crippen molar-refractivity contribution in [2.24, 2.45) is 5.92 Å². The molecule has 1 aliphatic rings. The highest BCUT2D eigenvalue weighted by Gasteiger charge is 2.26. The number of hydrogen-bond acceptors (Lipinski definition) is 6. The lowest BCUT2D eigenvalue weighted by Gasteiger charge is -2.26. The molecule has 40 heavy (non-hydrogen) atoms. The number of fused-ring (bicyclic) bond motifs is 1. The van der Waals surface area contributed by atoms with Gasteiger partial charge in [-0.15, -0.1) is 6.42 Å². The lowest BCUT2D eigenvalue weighted by Crippen LogP contribution is -2.40. The van der Waals surface area contributed by atoms with E-state index in [0.29, 0.717) is 62.6 Å². The Morgan fingerprint density at radius 3 is 2.42 bits per heavy atom. The number of aromatic nitrogens is 4. The summed E-state index contributed by atoms with van der Waals surface area (Å²) in [7, 11) is -3.18. The van der Waals surface area contributed by atoms with E-state index in [4.69, 9.17) is 20.5 Å². The van der Waals surface area contributed by atoms with Crippen LogP contribution in [0.2, 0.25) is 0 Å². The second-order valence-corrected chi connectivity index (χ2v) is 13.1. The highest BCUT2D eigenvalue weighted by Crippen LogP contribution is 2.48. The minimum Gasteiger partial charge on any atom is -0.322 e. The van der Waals surface area contributed by atoms with Crippen LogP contribution in [0, 0.1) is 18.3 Å². The summed E-state index contributed by atoms with van der Waals surface area (Å²) in [6.07, 6.45) is 11.6. The third-order valence-corrected chi connectivity index (χ3v) is 10.3. The van der Waals surface area contributed by atoms with Gasteiger partial charge in [-0.25, -0.2) is 14.3 Å². The van der Waals surface area contributed by atoms with Gasteiger partial charge in [0.1, 0.15) is 5.82 Å². The maximum Gasteiger partial charge on any atom is 0.333 e. The van der Waals surface area contributed by atoms with Crippen LogP contribution in [0.25, 0.3) is 11.2 Å². The van der Waals surface area contributed by atoms with E-state index in [1.165, 1.54) is 6.42 Å². The number of aryl methyl sites for hydroxylation is 3. The zero-order valence-electron chi connectivity index (χ0n) is 23.3. The van der Waals surface area contributed by atoms with Crippen LogP contribution in [0.1, 0.15) is 57.3 Å². The maximum absolute atomic E-state index is 13.7. The van der Waals surface area contributed by atoms with Crippen molar-refractivity contribution in [2.45, 2.75) is 78.4 Å². The van der Waals surface area contributed by atoms with Crippen molar-refractivity contribution < 1.29 is 13.6 Å². The molecule has 0 radical (unpaired) electrons. The fourth-order valence-corrected chi connectivity index (χ4v) is 7.39. The molecule has 0 aliphatic heterocycles. The summed E-state index contributed by atoms with van der Waals surface area (Å²) in [4.78, 5) is 32.1. The van der Waals surface area contributed by atoms with Crippen LogP contribution < -0.4 is 11.2 Å². The van der Waals surface area contributed by atoms with Crippen LogP contribution in [-0.4, -0.2) is 38.1 Å². The summed E-state index contributed by atoms with van der Waals surface area (Å²) in [5, 5.41) is 0. The third kappa shape index (κ3) is 6.88. The fourth-order valence-electron chi connectivity index (χ4n) is 5.17. The molecule has 0 bridgehead atoms. The molecule has 4 rings (SSSR count). The molecule has 0 atom stereocenters. The van der Waals surface area contributed by atoms with Gasteiger partial charge in [0.15, 0.2) is 11.2 Å². The normalized spacial score (nSPS) is 13.9. The van der Waals surface area contributed by atoms with Crippen LogP contribution >= 0.6 is 23.5 Å². The van der Waals surface area contributed by atoms with E-state index in [1.54, 1.807) is 18.4 Å². The van der Waals surface area contributed by atoms with Crippen LogP contribution in [0.4, 0.5) is 0 Å². The molecule has 3 aromatic rings. The molecule has 9 nitrogen and oxygen atoms in total. The molecule has 0 amide bonds. The highest BCUT2D eigenvalue weighted by molar-refractivity contribution is 9.10. The van der Waals surface area contributed by atoms with E-state index in [9.17, 15) is 14.2 Å². The Kier molecular flexibility index (Phi) is 10.6. The van der Waals surface area contributed by atoms with E-state index in [0.717, 1.165) is 39.7 Å². The summed E-state index contributed by atoms with van der Waals surface area (Å²) < 4.78 is 29.4. The number of benzene rings is 1. The summed E-state index contributed by atoms with van der Waals surface area (Å²) in [5.41, 5.74) is 1.10. The van der Waals surface area contributed by atoms with Gasteiger partial charge < -0.3 is 13.6 Å². The molecule has 0 N–H and O–H groups in total. The first-order valence-corrected chi connectivity index (χ1v) is 16.6. The quantitative estimate of drug-likeness (QED) is 0.127. The monoisotopic (exact) mass is 632 g/mol. The number of hydrogen-bond donors (Lipinski definition) is 0. The van der Waals surface area contributed by atoms with Crippen molar-refractivity contribution in [1.29, 1.82) is 0 Å². The minimum atomic E-state index is -3.18. The number of nitrogens with zero attached hydrogens (tertiary/aromatic N) is 4. The topological polar surface area (TPSA) is 97.3 Å². The molecule has 1 saturated carbocycles. The van der Waals surface area contributed by atoms with Crippen molar-refractivity contribution in [2.75, 3.05) is 19.4 Å². The second kappa shape index (κ2) is 14.0. The molecule has 1 aromatic carbocycles. The summed E-state index contributed by atoms with van der Waals surface area (Å²) in [6.45, 7) is 5.05. The van der Waals surface area contributed by atoms with E-state index in [-0.39, 0.29) is 12.7 Å². The molecular formula is C29H38BrN4O5P. The molecule has 1 fully saturated rings. The fraction of sp³-hybridized carbons (Fsp3) is 0.552. The zero-order valence-corrected chi connectivity index (χ0v) is 25.8. The Bertz CT molecular complexity index is 1520. The van der Waals surface area contributed by atoms with Crippen molar-refractivity contribution >= 4 is 34.7 Å². The standard InChI is InChI=1S/C29H38BrN4O5P/c1-4-18-33-28(35)26-27(32(29(33)36)19-9-10-20-40(37,38-5-2)39-6-3)31-25(34(26)21-22-12-11-13-22)17-16-23-14-7-8-15-24(23)30/h1,7-8,14-15,22H,5-6,9-13,16-21H2,2-3H3. The summed E-state index contributed by atoms with van der Waals surface area (Å²) in [5.74, 6) is 3.73. The molecule has 0 spiro atoms. The van der Waals surface area contributed by atoms with Gasteiger partial charge in [0.2, 0.25) is 0 Å². The lowest BCUT2D eigenvalue weighted by molar-refractivity contribution is 0.219. The van der Waals surface area contributed by atoms with Gasteiger partial charge >= 0.3 is 13.3 Å².